The van der Waals surface area contributed by atoms with Crippen molar-refractivity contribution in [1.82, 2.24) is 9.88 Å². The van der Waals surface area contributed by atoms with Gasteiger partial charge < -0.3 is 9.84 Å². The Morgan fingerprint density at radius 1 is 1.48 bits per heavy atom. The average Bonchev–Trinajstić information content (AvgIpc) is 2.42. The first-order valence-electron chi connectivity index (χ1n) is 7.09. The predicted octanol–water partition coefficient (Wildman–Crippen LogP) is 2.82. The van der Waals surface area contributed by atoms with E-state index in [9.17, 15) is 9.90 Å². The van der Waals surface area contributed by atoms with Gasteiger partial charge in [-0.1, -0.05) is 11.6 Å². The lowest BCUT2D eigenvalue weighted by atomic mass is 9.87. The Bertz CT molecular complexity index is 512. The first-order chi connectivity index (χ1) is 9.92. The molecule has 1 aliphatic heterocycles. The van der Waals surface area contributed by atoms with Crippen LogP contribution < -0.4 is 4.74 Å². The van der Waals surface area contributed by atoms with Crippen LogP contribution in [0.2, 0.25) is 5.02 Å². The molecule has 2 atom stereocenters. The molecule has 1 fully saturated rings. The van der Waals surface area contributed by atoms with Crippen molar-refractivity contribution in [3.63, 3.8) is 0 Å². The molecule has 0 bridgehead atoms. The fraction of sp³-hybridized carbons (Fsp3) is 0.600. The smallest absolute Gasteiger partial charge is 0.306 e. The van der Waals surface area contributed by atoms with Crippen molar-refractivity contribution in [1.29, 1.82) is 0 Å². The van der Waals surface area contributed by atoms with E-state index in [0.717, 1.165) is 5.56 Å². The summed E-state index contributed by atoms with van der Waals surface area (Å²) in [5.41, 5.74) is 1.01. The van der Waals surface area contributed by atoms with Crippen LogP contribution in [0, 0.1) is 5.92 Å². The number of piperidine rings is 1. The van der Waals surface area contributed by atoms with Gasteiger partial charge in [-0.3, -0.25) is 9.69 Å². The molecule has 1 saturated heterocycles. The monoisotopic (exact) mass is 312 g/mol. The Balaban J connectivity index is 2.09. The number of carbonyl (C=O) groups is 1. The maximum absolute atomic E-state index is 11.2. The third-order valence-corrected chi connectivity index (χ3v) is 4.43. The van der Waals surface area contributed by atoms with E-state index in [4.69, 9.17) is 16.3 Å². The number of carboxylic acids is 1. The van der Waals surface area contributed by atoms with Gasteiger partial charge in [0.05, 0.1) is 13.0 Å². The van der Waals surface area contributed by atoms with Crippen LogP contribution in [0.25, 0.3) is 0 Å². The molecular weight excluding hydrogens is 292 g/mol. The standard InChI is InChI=1S/C15H21ClN2O3/c1-9-4-12(15(19)20)5-10(2)18(9)8-11-6-13(16)14(21-3)17-7-11/h6-7,9-10,12H,4-5,8H2,1-3H3,(H,19,20). The zero-order chi connectivity index (χ0) is 15.6. The van der Waals surface area contributed by atoms with E-state index in [2.05, 4.69) is 23.7 Å². The molecule has 2 heterocycles. The summed E-state index contributed by atoms with van der Waals surface area (Å²) in [4.78, 5) is 17.7. The number of aliphatic carboxylic acids is 1. The summed E-state index contributed by atoms with van der Waals surface area (Å²) in [5.74, 6) is -0.516. The molecule has 1 aromatic heterocycles. The number of hydrogen-bond acceptors (Lipinski definition) is 4. The zero-order valence-electron chi connectivity index (χ0n) is 12.5. The minimum absolute atomic E-state index is 0.218. The van der Waals surface area contributed by atoms with Crippen LogP contribution in [-0.4, -0.2) is 40.2 Å². The largest absolute Gasteiger partial charge is 0.481 e. The molecule has 5 nitrogen and oxygen atoms in total. The second-order valence-electron chi connectivity index (χ2n) is 5.71. The van der Waals surface area contributed by atoms with Gasteiger partial charge in [-0.2, -0.15) is 0 Å². The van der Waals surface area contributed by atoms with Crippen LogP contribution >= 0.6 is 11.6 Å². The first-order valence-corrected chi connectivity index (χ1v) is 7.47. The van der Waals surface area contributed by atoms with Gasteiger partial charge in [-0.25, -0.2) is 4.98 Å². The minimum atomic E-state index is -0.692. The minimum Gasteiger partial charge on any atom is -0.481 e. The van der Waals surface area contributed by atoms with Crippen LogP contribution in [0.3, 0.4) is 0 Å². The van der Waals surface area contributed by atoms with Crippen LogP contribution in [0.5, 0.6) is 5.88 Å². The lowest BCUT2D eigenvalue weighted by Crippen LogP contribution is -2.47. The Hall–Kier alpha value is -1.33. The Labute approximate surface area is 129 Å². The molecule has 1 aromatic rings. The van der Waals surface area contributed by atoms with Crippen LogP contribution in [0.15, 0.2) is 12.3 Å². The van der Waals surface area contributed by atoms with Crippen molar-refractivity contribution >= 4 is 17.6 Å². The average molecular weight is 313 g/mol. The number of ether oxygens (including phenoxy) is 1. The zero-order valence-corrected chi connectivity index (χ0v) is 13.3. The summed E-state index contributed by atoms with van der Waals surface area (Å²) in [6.07, 6.45) is 3.11. The van der Waals surface area contributed by atoms with E-state index in [0.29, 0.717) is 30.3 Å². The highest BCUT2D eigenvalue weighted by Gasteiger charge is 2.34. The highest BCUT2D eigenvalue weighted by atomic mass is 35.5. The normalized spacial score (nSPS) is 26.6. The molecule has 2 rings (SSSR count). The van der Waals surface area contributed by atoms with Gasteiger partial charge in [-0.05, 0) is 38.3 Å². The lowest BCUT2D eigenvalue weighted by molar-refractivity contribution is -0.145. The Kier molecular flexibility index (Phi) is 5.06. The summed E-state index contributed by atoms with van der Waals surface area (Å²) in [6, 6.07) is 2.29. The third-order valence-electron chi connectivity index (χ3n) is 4.16. The van der Waals surface area contributed by atoms with Gasteiger partial charge in [0.25, 0.3) is 0 Å². The Morgan fingerprint density at radius 3 is 2.57 bits per heavy atom. The molecule has 0 radical (unpaired) electrons. The van der Waals surface area contributed by atoms with Crippen LogP contribution in [-0.2, 0) is 11.3 Å². The highest BCUT2D eigenvalue weighted by Crippen LogP contribution is 2.30. The fourth-order valence-electron chi connectivity index (χ4n) is 3.05. The summed E-state index contributed by atoms with van der Waals surface area (Å²) in [7, 11) is 1.54. The number of nitrogens with zero attached hydrogens (tertiary/aromatic N) is 2. The van der Waals surface area contributed by atoms with E-state index < -0.39 is 5.97 Å². The molecule has 0 aromatic carbocycles. The summed E-state index contributed by atoms with van der Waals surface area (Å²) < 4.78 is 5.05. The van der Waals surface area contributed by atoms with Crippen molar-refractivity contribution in [3.05, 3.63) is 22.8 Å². The molecule has 1 aliphatic rings. The van der Waals surface area contributed by atoms with Crippen molar-refractivity contribution in [2.45, 2.75) is 45.3 Å². The maximum atomic E-state index is 11.2. The molecular formula is C15H21ClN2O3. The van der Waals surface area contributed by atoms with E-state index in [1.165, 1.54) is 7.11 Å². The number of likely N-dealkylation sites (tertiary alicyclic amines) is 1. The summed E-state index contributed by atoms with van der Waals surface area (Å²) >= 11 is 6.10. The number of aromatic nitrogens is 1. The van der Waals surface area contributed by atoms with Crippen molar-refractivity contribution < 1.29 is 14.6 Å². The first kappa shape index (κ1) is 16.0. The third kappa shape index (κ3) is 3.66. The molecule has 116 valence electrons. The SMILES string of the molecule is COc1ncc(CN2C(C)CC(C(=O)O)CC2C)cc1Cl. The summed E-state index contributed by atoms with van der Waals surface area (Å²) in [5, 5.41) is 9.68. The molecule has 0 spiro atoms. The highest BCUT2D eigenvalue weighted by molar-refractivity contribution is 6.31. The molecule has 1 N–H and O–H groups in total. The molecule has 0 amide bonds. The van der Waals surface area contributed by atoms with Gasteiger partial charge in [0.2, 0.25) is 5.88 Å². The van der Waals surface area contributed by atoms with E-state index in [1.54, 1.807) is 6.20 Å². The van der Waals surface area contributed by atoms with Gasteiger partial charge in [0.1, 0.15) is 5.02 Å². The molecule has 21 heavy (non-hydrogen) atoms. The molecule has 0 saturated carbocycles. The lowest BCUT2D eigenvalue weighted by Gasteiger charge is -2.41. The maximum Gasteiger partial charge on any atom is 0.306 e. The number of halogens is 1. The molecule has 2 unspecified atom stereocenters. The fourth-order valence-corrected chi connectivity index (χ4v) is 3.32. The van der Waals surface area contributed by atoms with Crippen LogP contribution in [0.1, 0.15) is 32.3 Å². The van der Waals surface area contributed by atoms with Crippen LogP contribution in [0.4, 0.5) is 0 Å². The van der Waals surface area contributed by atoms with Gasteiger partial charge >= 0.3 is 5.97 Å². The van der Waals surface area contributed by atoms with E-state index >= 15 is 0 Å². The molecule has 6 heteroatoms. The number of hydrogen-bond donors (Lipinski definition) is 1. The van der Waals surface area contributed by atoms with Gasteiger partial charge in [0.15, 0.2) is 0 Å². The number of carboxylic acid groups (broad SMARTS) is 1. The van der Waals surface area contributed by atoms with Gasteiger partial charge in [-0.15, -0.1) is 0 Å². The molecule has 0 aliphatic carbocycles. The predicted molar refractivity (Wildman–Crippen MR) is 80.6 cm³/mol. The van der Waals surface area contributed by atoms with Crippen molar-refractivity contribution in [2.75, 3.05) is 7.11 Å². The van der Waals surface area contributed by atoms with E-state index in [-0.39, 0.29) is 18.0 Å². The number of methoxy groups -OCH3 is 1. The Morgan fingerprint density at radius 2 is 2.10 bits per heavy atom. The van der Waals surface area contributed by atoms with E-state index in [1.807, 2.05) is 6.07 Å². The quantitative estimate of drug-likeness (QED) is 0.926. The number of pyridine rings is 1. The van der Waals surface area contributed by atoms with Gasteiger partial charge in [0, 0.05) is 24.8 Å². The van der Waals surface area contributed by atoms with Crippen molar-refractivity contribution in [3.8, 4) is 5.88 Å². The summed E-state index contributed by atoms with van der Waals surface area (Å²) in [6.45, 7) is 4.86. The van der Waals surface area contributed by atoms with Crippen molar-refractivity contribution in [2.24, 2.45) is 5.92 Å². The topological polar surface area (TPSA) is 62.7 Å². The second-order valence-corrected chi connectivity index (χ2v) is 6.12. The number of rotatable bonds is 4. The second kappa shape index (κ2) is 6.62.